The van der Waals surface area contributed by atoms with E-state index in [4.69, 9.17) is 4.74 Å². The monoisotopic (exact) mass is 479 g/mol. The van der Waals surface area contributed by atoms with Crippen LogP contribution >= 0.6 is 0 Å². The molecule has 0 bridgehead atoms. The summed E-state index contributed by atoms with van der Waals surface area (Å²) in [5.74, 6) is -2.08. The number of nitrogens with zero attached hydrogens (tertiary/aromatic N) is 3. The molecule has 0 amide bonds. The first kappa shape index (κ1) is 23.0. The summed E-state index contributed by atoms with van der Waals surface area (Å²) in [5.41, 5.74) is 0.297. The summed E-state index contributed by atoms with van der Waals surface area (Å²) in [6, 6.07) is 22.3. The molecule has 5 rings (SSSR count). The SMILES string of the molecule is COC(=O)[C@@]1(C#N)[C@@H]2C=Cc3ccccc3N2[C@H](C(=O)c2cccc([N+](=O)[O-])c2)[C@@H]1c1ccccc1. The van der Waals surface area contributed by atoms with Gasteiger partial charge in [-0.05, 0) is 17.2 Å². The Bertz CT molecular complexity index is 1440. The van der Waals surface area contributed by atoms with Gasteiger partial charge >= 0.3 is 5.97 Å². The Kier molecular flexibility index (Phi) is 5.61. The van der Waals surface area contributed by atoms with Crippen molar-refractivity contribution in [3.05, 3.63) is 112 Å². The van der Waals surface area contributed by atoms with Crippen molar-refractivity contribution in [2.45, 2.75) is 18.0 Å². The minimum atomic E-state index is -1.75. The van der Waals surface area contributed by atoms with Crippen molar-refractivity contribution in [1.29, 1.82) is 5.26 Å². The largest absolute Gasteiger partial charge is 0.468 e. The summed E-state index contributed by atoms with van der Waals surface area (Å²) in [5, 5.41) is 22.0. The molecule has 36 heavy (non-hydrogen) atoms. The van der Waals surface area contributed by atoms with Crippen LogP contribution in [0.3, 0.4) is 0 Å². The molecule has 0 N–H and O–H groups in total. The zero-order chi connectivity index (χ0) is 25.4. The first-order chi connectivity index (χ1) is 17.4. The van der Waals surface area contributed by atoms with Crippen LogP contribution in [0.1, 0.15) is 27.4 Å². The molecule has 2 aliphatic heterocycles. The number of nitriles is 1. The minimum absolute atomic E-state index is 0.125. The number of esters is 1. The summed E-state index contributed by atoms with van der Waals surface area (Å²) >= 11 is 0. The van der Waals surface area contributed by atoms with E-state index in [1.165, 1.54) is 31.4 Å². The zero-order valence-electron chi connectivity index (χ0n) is 19.3. The average Bonchev–Trinajstić information content (AvgIpc) is 3.24. The molecule has 8 heteroatoms. The molecule has 1 saturated heterocycles. The minimum Gasteiger partial charge on any atom is -0.468 e. The summed E-state index contributed by atoms with van der Waals surface area (Å²) < 4.78 is 5.18. The predicted molar refractivity (Wildman–Crippen MR) is 132 cm³/mol. The lowest BCUT2D eigenvalue weighted by Crippen LogP contribution is -2.46. The number of benzene rings is 3. The maximum absolute atomic E-state index is 14.2. The molecule has 0 radical (unpaired) electrons. The number of fused-ring (bicyclic) bond motifs is 3. The fourth-order valence-electron chi connectivity index (χ4n) is 5.51. The van der Waals surface area contributed by atoms with Crippen LogP contribution in [0.4, 0.5) is 11.4 Å². The molecule has 0 aromatic heterocycles. The molecule has 8 nitrogen and oxygen atoms in total. The Morgan fingerprint density at radius 1 is 1.06 bits per heavy atom. The second kappa shape index (κ2) is 8.78. The van der Waals surface area contributed by atoms with Gasteiger partial charge in [0.25, 0.3) is 5.69 Å². The van der Waals surface area contributed by atoms with Gasteiger partial charge in [-0.25, -0.2) is 0 Å². The number of ether oxygens (including phenoxy) is 1. The first-order valence-corrected chi connectivity index (χ1v) is 11.3. The van der Waals surface area contributed by atoms with Crippen LogP contribution in [0.5, 0.6) is 0 Å². The van der Waals surface area contributed by atoms with Gasteiger partial charge in [0.05, 0.1) is 24.1 Å². The molecular formula is C28H21N3O5. The van der Waals surface area contributed by atoms with E-state index in [0.717, 1.165) is 5.56 Å². The van der Waals surface area contributed by atoms with E-state index in [1.54, 1.807) is 35.2 Å². The number of para-hydroxylation sites is 1. The third-order valence-electron chi connectivity index (χ3n) is 7.02. The molecule has 2 heterocycles. The zero-order valence-corrected chi connectivity index (χ0v) is 19.3. The number of hydrogen-bond donors (Lipinski definition) is 0. The molecule has 3 aromatic rings. The summed E-state index contributed by atoms with van der Waals surface area (Å²) in [6.07, 6.45) is 3.60. The van der Waals surface area contributed by atoms with Crippen molar-refractivity contribution in [2.24, 2.45) is 5.41 Å². The van der Waals surface area contributed by atoms with Crippen LogP contribution in [-0.4, -0.2) is 35.9 Å². The molecule has 4 atom stereocenters. The number of carbonyl (C=O) groups is 2. The molecule has 178 valence electrons. The highest BCUT2D eigenvalue weighted by atomic mass is 16.6. The maximum atomic E-state index is 14.2. The van der Waals surface area contributed by atoms with Crippen molar-refractivity contribution in [3.63, 3.8) is 0 Å². The van der Waals surface area contributed by atoms with Gasteiger partial charge in [0.1, 0.15) is 6.04 Å². The number of anilines is 1. The van der Waals surface area contributed by atoms with E-state index in [0.29, 0.717) is 11.3 Å². The highest BCUT2D eigenvalue weighted by Crippen LogP contribution is 2.56. The average molecular weight is 479 g/mol. The summed E-state index contributed by atoms with van der Waals surface area (Å²) in [4.78, 5) is 40.4. The molecule has 1 fully saturated rings. The van der Waals surface area contributed by atoms with Crippen LogP contribution < -0.4 is 4.90 Å². The van der Waals surface area contributed by atoms with Gasteiger partial charge in [0, 0.05) is 29.3 Å². The quantitative estimate of drug-likeness (QED) is 0.229. The second-order valence-electron chi connectivity index (χ2n) is 8.75. The summed E-state index contributed by atoms with van der Waals surface area (Å²) in [6.45, 7) is 0. The standard InChI is InChI=1S/C28H21N3O5/c1-36-27(33)28(17-29)23-15-14-18-8-5-6-13-22(18)30(23)25(24(28)19-9-3-2-4-10-19)26(32)20-11-7-12-21(16-20)31(34)35/h2-16,23-25H,1H3/t23-,24-,25-,28-/m0/s1. The van der Waals surface area contributed by atoms with Crippen LogP contribution in [0.2, 0.25) is 0 Å². The van der Waals surface area contributed by atoms with Gasteiger partial charge in [-0.1, -0.05) is 72.8 Å². The number of hydrogen-bond acceptors (Lipinski definition) is 7. The van der Waals surface area contributed by atoms with Crippen LogP contribution in [0.25, 0.3) is 6.08 Å². The fourth-order valence-corrected chi connectivity index (χ4v) is 5.51. The number of ketones is 1. The lowest BCUT2D eigenvalue weighted by molar-refractivity contribution is -0.384. The molecule has 0 aliphatic carbocycles. The number of rotatable bonds is 5. The second-order valence-corrected chi connectivity index (χ2v) is 8.75. The molecule has 0 spiro atoms. The van der Waals surface area contributed by atoms with Gasteiger partial charge < -0.3 is 9.64 Å². The number of Topliss-reactive ketones (excluding diaryl/α,β-unsaturated/α-hetero) is 1. The van der Waals surface area contributed by atoms with E-state index in [-0.39, 0.29) is 11.3 Å². The Hall–Kier alpha value is -4.77. The molecule has 3 aromatic carbocycles. The predicted octanol–water partition coefficient (Wildman–Crippen LogP) is 4.53. The Balaban J connectivity index is 1.80. The normalized spacial score (nSPS) is 23.8. The number of nitro benzene ring substituents is 1. The highest BCUT2D eigenvalue weighted by Gasteiger charge is 2.67. The fraction of sp³-hybridized carbons (Fsp3) is 0.179. The van der Waals surface area contributed by atoms with E-state index in [1.807, 2.05) is 36.4 Å². The summed E-state index contributed by atoms with van der Waals surface area (Å²) in [7, 11) is 1.23. The van der Waals surface area contributed by atoms with Crippen LogP contribution in [0.15, 0.2) is 84.9 Å². The number of non-ortho nitro benzene ring substituents is 1. The van der Waals surface area contributed by atoms with Gasteiger partial charge in [-0.15, -0.1) is 0 Å². The van der Waals surface area contributed by atoms with Gasteiger partial charge in [-0.2, -0.15) is 5.26 Å². The molecule has 0 saturated carbocycles. The van der Waals surface area contributed by atoms with Crippen LogP contribution in [-0.2, 0) is 9.53 Å². The topological polar surface area (TPSA) is 114 Å². The third kappa shape index (κ3) is 3.28. The molecule has 2 aliphatic rings. The number of methoxy groups -OCH3 is 1. The first-order valence-electron chi connectivity index (χ1n) is 11.3. The van der Waals surface area contributed by atoms with Gasteiger partial charge in [-0.3, -0.25) is 19.7 Å². The number of carbonyl (C=O) groups excluding carboxylic acids is 2. The van der Waals surface area contributed by atoms with E-state index in [9.17, 15) is 25.0 Å². The highest BCUT2D eigenvalue weighted by molar-refractivity contribution is 6.06. The Labute approximate surface area is 207 Å². The smallest absolute Gasteiger partial charge is 0.329 e. The number of nitro groups is 1. The van der Waals surface area contributed by atoms with Crippen molar-refractivity contribution in [1.82, 2.24) is 0 Å². The Morgan fingerprint density at radius 3 is 2.47 bits per heavy atom. The molecular weight excluding hydrogens is 458 g/mol. The van der Waals surface area contributed by atoms with E-state index >= 15 is 0 Å². The van der Waals surface area contributed by atoms with Crippen molar-refractivity contribution in [2.75, 3.05) is 12.0 Å². The van der Waals surface area contributed by atoms with Gasteiger partial charge in [0.2, 0.25) is 0 Å². The lowest BCUT2D eigenvalue weighted by atomic mass is 9.68. The van der Waals surface area contributed by atoms with Crippen molar-refractivity contribution < 1.29 is 19.2 Å². The van der Waals surface area contributed by atoms with E-state index in [2.05, 4.69) is 6.07 Å². The van der Waals surface area contributed by atoms with Crippen LogP contribution in [0, 0.1) is 26.9 Å². The third-order valence-corrected chi connectivity index (χ3v) is 7.02. The lowest BCUT2D eigenvalue weighted by Gasteiger charge is -2.36. The van der Waals surface area contributed by atoms with Gasteiger partial charge in [0.15, 0.2) is 11.2 Å². The van der Waals surface area contributed by atoms with E-state index < -0.39 is 40.1 Å². The van der Waals surface area contributed by atoms with Crippen molar-refractivity contribution >= 4 is 29.2 Å². The maximum Gasteiger partial charge on any atom is 0.329 e. The Morgan fingerprint density at radius 2 is 1.78 bits per heavy atom. The van der Waals surface area contributed by atoms with Crippen molar-refractivity contribution in [3.8, 4) is 6.07 Å². The molecule has 0 unspecified atom stereocenters.